The minimum atomic E-state index is -0.940. The van der Waals surface area contributed by atoms with Crippen molar-refractivity contribution in [2.45, 2.75) is 72.1 Å². The average Bonchev–Trinajstić information content (AvgIpc) is 2.82. The zero-order valence-corrected chi connectivity index (χ0v) is 21.5. The van der Waals surface area contributed by atoms with Crippen LogP contribution in [0.4, 0.5) is 0 Å². The summed E-state index contributed by atoms with van der Waals surface area (Å²) in [5.41, 5.74) is 2.74. The molecule has 2 atom stereocenters. The van der Waals surface area contributed by atoms with Crippen molar-refractivity contribution >= 4 is 11.9 Å². The molecule has 0 spiro atoms. The molecule has 0 aliphatic rings. The molecule has 0 saturated heterocycles. The van der Waals surface area contributed by atoms with E-state index in [1.165, 1.54) is 6.08 Å². The van der Waals surface area contributed by atoms with E-state index in [0.717, 1.165) is 29.7 Å². The third-order valence-corrected chi connectivity index (χ3v) is 6.16. The Morgan fingerprint density at radius 1 is 1.03 bits per heavy atom. The number of carboxylic acid groups (broad SMARTS) is 1. The average molecular weight is 482 g/mol. The Morgan fingerprint density at radius 3 is 2.29 bits per heavy atom. The molecule has 2 unspecified atom stereocenters. The number of carbonyl (C=O) groups is 2. The van der Waals surface area contributed by atoms with Crippen LogP contribution in [0.25, 0.3) is 0 Å². The van der Waals surface area contributed by atoms with E-state index in [1.807, 2.05) is 24.3 Å². The third-order valence-electron chi connectivity index (χ3n) is 6.16. The molecule has 0 radical (unpaired) electrons. The van der Waals surface area contributed by atoms with Gasteiger partial charge >= 0.3 is 11.9 Å². The maximum absolute atomic E-state index is 12.4. The SMILES string of the molecule is CC(C)C(=O)Oc1ccc(CO)cc1C(CCN(C(C)C)C(C)CC=CC(=O)O)c1ccccc1. The summed E-state index contributed by atoms with van der Waals surface area (Å²) in [5, 5.41) is 18.7. The first kappa shape index (κ1) is 28.3. The molecule has 6 heteroatoms. The summed E-state index contributed by atoms with van der Waals surface area (Å²) < 4.78 is 5.79. The van der Waals surface area contributed by atoms with Crippen LogP contribution in [0.2, 0.25) is 0 Å². The predicted octanol–water partition coefficient (Wildman–Crippen LogP) is 5.39. The van der Waals surface area contributed by atoms with E-state index in [9.17, 15) is 14.7 Å². The number of esters is 1. The van der Waals surface area contributed by atoms with Crippen molar-refractivity contribution in [1.82, 2.24) is 4.90 Å². The van der Waals surface area contributed by atoms with Gasteiger partial charge < -0.3 is 14.9 Å². The standard InChI is InChI=1S/C29H39NO5/c1-20(2)29(34)35-27-15-14-23(19-31)18-26(27)25(24-11-7-6-8-12-24)16-17-30(21(3)4)22(5)10-9-13-28(32)33/h6-9,11-15,18,20-22,25,31H,10,16-17,19H2,1-5H3,(H,32,33). The lowest BCUT2D eigenvalue weighted by Gasteiger charge is -2.34. The smallest absolute Gasteiger partial charge is 0.327 e. The van der Waals surface area contributed by atoms with Crippen LogP contribution in [0.1, 0.15) is 70.1 Å². The molecule has 2 N–H and O–H groups in total. The molecule has 2 aromatic rings. The first-order valence-electron chi connectivity index (χ1n) is 12.3. The van der Waals surface area contributed by atoms with Gasteiger partial charge in [0.2, 0.25) is 0 Å². The molecule has 0 aromatic heterocycles. The number of hydrogen-bond donors (Lipinski definition) is 2. The number of aliphatic carboxylic acids is 1. The second kappa shape index (κ2) is 13.8. The number of hydrogen-bond acceptors (Lipinski definition) is 5. The summed E-state index contributed by atoms with van der Waals surface area (Å²) in [6.07, 6.45) is 4.29. The van der Waals surface area contributed by atoms with Crippen molar-refractivity contribution in [3.05, 3.63) is 77.4 Å². The van der Waals surface area contributed by atoms with E-state index in [1.54, 1.807) is 32.1 Å². The highest BCUT2D eigenvalue weighted by Crippen LogP contribution is 2.36. The minimum Gasteiger partial charge on any atom is -0.478 e. The van der Waals surface area contributed by atoms with Gasteiger partial charge in [0, 0.05) is 29.6 Å². The summed E-state index contributed by atoms with van der Waals surface area (Å²) >= 11 is 0. The lowest BCUT2D eigenvalue weighted by molar-refractivity contribution is -0.137. The van der Waals surface area contributed by atoms with Gasteiger partial charge in [0.25, 0.3) is 0 Å². The zero-order chi connectivity index (χ0) is 26.0. The summed E-state index contributed by atoms with van der Waals surface area (Å²) in [6, 6.07) is 16.0. The van der Waals surface area contributed by atoms with Gasteiger partial charge in [0.05, 0.1) is 12.5 Å². The summed E-state index contributed by atoms with van der Waals surface area (Å²) in [4.78, 5) is 25.7. The molecular formula is C29H39NO5. The van der Waals surface area contributed by atoms with Crippen molar-refractivity contribution in [1.29, 1.82) is 0 Å². The highest BCUT2D eigenvalue weighted by atomic mass is 16.5. The van der Waals surface area contributed by atoms with Crippen molar-refractivity contribution in [3.8, 4) is 5.75 Å². The second-order valence-corrected chi connectivity index (χ2v) is 9.51. The highest BCUT2D eigenvalue weighted by Gasteiger charge is 2.24. The number of benzene rings is 2. The number of carbonyl (C=O) groups excluding carboxylic acids is 1. The van der Waals surface area contributed by atoms with Crippen LogP contribution in [0.3, 0.4) is 0 Å². The van der Waals surface area contributed by atoms with Crippen LogP contribution in [0, 0.1) is 5.92 Å². The molecule has 0 fully saturated rings. The maximum atomic E-state index is 12.4. The molecule has 35 heavy (non-hydrogen) atoms. The first-order valence-corrected chi connectivity index (χ1v) is 12.3. The molecular weight excluding hydrogens is 442 g/mol. The van der Waals surface area contributed by atoms with Gasteiger partial charge in [-0.2, -0.15) is 0 Å². The predicted molar refractivity (Wildman–Crippen MR) is 138 cm³/mol. The van der Waals surface area contributed by atoms with Crippen LogP contribution >= 0.6 is 0 Å². The highest BCUT2D eigenvalue weighted by molar-refractivity contribution is 5.79. The molecule has 6 nitrogen and oxygen atoms in total. The van der Waals surface area contributed by atoms with Gasteiger partial charge in [0.1, 0.15) is 5.75 Å². The number of carboxylic acids is 1. The van der Waals surface area contributed by atoms with E-state index in [4.69, 9.17) is 9.84 Å². The second-order valence-electron chi connectivity index (χ2n) is 9.51. The molecule has 0 aliphatic carbocycles. The van der Waals surface area contributed by atoms with Crippen LogP contribution < -0.4 is 4.74 Å². The van der Waals surface area contributed by atoms with Gasteiger partial charge in [-0.3, -0.25) is 9.69 Å². The van der Waals surface area contributed by atoms with Gasteiger partial charge in [-0.05, 0) is 63.4 Å². The van der Waals surface area contributed by atoms with E-state index in [-0.39, 0.29) is 36.5 Å². The number of aliphatic hydroxyl groups is 1. The third kappa shape index (κ3) is 8.64. The molecule has 2 aromatic carbocycles. The molecule has 0 saturated carbocycles. The molecule has 0 bridgehead atoms. The normalized spacial score (nSPS) is 13.5. The topological polar surface area (TPSA) is 87.1 Å². The first-order chi connectivity index (χ1) is 16.6. The van der Waals surface area contributed by atoms with Crippen LogP contribution in [-0.4, -0.2) is 45.7 Å². The Hall–Kier alpha value is -2.96. The maximum Gasteiger partial charge on any atom is 0.327 e. The number of aliphatic hydroxyl groups excluding tert-OH is 1. The van der Waals surface area contributed by atoms with Gasteiger partial charge in [-0.1, -0.05) is 56.3 Å². The zero-order valence-electron chi connectivity index (χ0n) is 21.5. The monoisotopic (exact) mass is 481 g/mol. The van der Waals surface area contributed by atoms with Gasteiger partial charge in [0.15, 0.2) is 0 Å². The summed E-state index contributed by atoms with van der Waals surface area (Å²) in [6.45, 7) is 10.7. The molecule has 0 heterocycles. The Labute approximate surface area is 209 Å². The van der Waals surface area contributed by atoms with E-state index < -0.39 is 5.97 Å². The van der Waals surface area contributed by atoms with E-state index >= 15 is 0 Å². The number of ether oxygens (including phenoxy) is 1. The van der Waals surface area contributed by atoms with Gasteiger partial charge in [-0.25, -0.2) is 4.79 Å². The van der Waals surface area contributed by atoms with Crippen molar-refractivity contribution in [2.24, 2.45) is 5.92 Å². The fourth-order valence-electron chi connectivity index (χ4n) is 4.24. The van der Waals surface area contributed by atoms with Crippen LogP contribution in [0.5, 0.6) is 5.75 Å². The Bertz CT molecular complexity index is 984. The fraction of sp³-hybridized carbons (Fsp3) is 0.448. The van der Waals surface area contributed by atoms with Crippen molar-refractivity contribution in [3.63, 3.8) is 0 Å². The lowest BCUT2D eigenvalue weighted by Crippen LogP contribution is -2.39. The molecule has 2 rings (SSSR count). The van der Waals surface area contributed by atoms with Crippen LogP contribution in [-0.2, 0) is 16.2 Å². The fourth-order valence-corrected chi connectivity index (χ4v) is 4.24. The minimum absolute atomic E-state index is 0.0549. The van der Waals surface area contributed by atoms with Gasteiger partial charge in [-0.15, -0.1) is 0 Å². The Morgan fingerprint density at radius 2 is 1.71 bits per heavy atom. The van der Waals surface area contributed by atoms with Crippen LogP contribution in [0.15, 0.2) is 60.7 Å². The summed E-state index contributed by atoms with van der Waals surface area (Å²) in [7, 11) is 0. The Kier molecular flexibility index (Phi) is 11.2. The van der Waals surface area contributed by atoms with E-state index in [2.05, 4.69) is 37.8 Å². The molecule has 0 amide bonds. The van der Waals surface area contributed by atoms with Crippen molar-refractivity contribution in [2.75, 3.05) is 6.54 Å². The molecule has 0 aliphatic heterocycles. The van der Waals surface area contributed by atoms with E-state index in [0.29, 0.717) is 12.2 Å². The molecule has 190 valence electrons. The Balaban J connectivity index is 2.41. The number of nitrogens with zero attached hydrogens (tertiary/aromatic N) is 1. The van der Waals surface area contributed by atoms with Crippen molar-refractivity contribution < 1.29 is 24.5 Å². The lowest BCUT2D eigenvalue weighted by atomic mass is 9.86. The summed E-state index contributed by atoms with van der Waals surface area (Å²) in [5.74, 6) is -1.03. The quantitative estimate of drug-likeness (QED) is 0.227. The number of rotatable bonds is 13. The largest absolute Gasteiger partial charge is 0.478 e.